The molecule has 0 saturated carbocycles. The van der Waals surface area contributed by atoms with Crippen molar-refractivity contribution in [1.82, 2.24) is 15.2 Å². The molecule has 1 unspecified atom stereocenters. The third-order valence-corrected chi connectivity index (χ3v) is 5.24. The average Bonchev–Trinajstić information content (AvgIpc) is 3.20. The number of nitrogens with one attached hydrogen (secondary N) is 1. The lowest BCUT2D eigenvalue weighted by Crippen LogP contribution is -2.07. The molecule has 0 radical (unpaired) electrons. The Morgan fingerprint density at radius 1 is 0.897 bits per heavy atom. The summed E-state index contributed by atoms with van der Waals surface area (Å²) in [5.41, 5.74) is 3.02. The fourth-order valence-electron chi connectivity index (χ4n) is 3.68. The normalized spacial score (nSPS) is 12.3. The molecule has 0 amide bonds. The van der Waals surface area contributed by atoms with Crippen LogP contribution in [0.1, 0.15) is 29.9 Å². The molecule has 1 N–H and O–H groups in total. The van der Waals surface area contributed by atoms with Gasteiger partial charge in [-0.2, -0.15) is 5.10 Å². The van der Waals surface area contributed by atoms with Gasteiger partial charge in [-0.25, -0.2) is 0 Å². The molecular formula is C24H20N4O. The van der Waals surface area contributed by atoms with E-state index in [2.05, 4.69) is 45.6 Å². The van der Waals surface area contributed by atoms with E-state index in [1.165, 1.54) is 5.56 Å². The number of aromatic nitrogens is 3. The maximum Gasteiger partial charge on any atom is 0.156 e. The minimum absolute atomic E-state index is 0.125. The quantitative estimate of drug-likeness (QED) is 0.434. The SMILES string of the molecule is CC(c1ccncc1)c1nnc(NCc2cc3ccccc3o2)c2ccccc12. The third kappa shape index (κ3) is 3.31. The van der Waals surface area contributed by atoms with Crippen LogP contribution in [0.25, 0.3) is 21.7 Å². The minimum atomic E-state index is 0.125. The number of benzene rings is 2. The maximum atomic E-state index is 5.91. The van der Waals surface area contributed by atoms with Crippen molar-refractivity contribution in [3.8, 4) is 0 Å². The number of fused-ring (bicyclic) bond motifs is 2. The van der Waals surface area contributed by atoms with Crippen molar-refractivity contribution in [2.24, 2.45) is 0 Å². The highest BCUT2D eigenvalue weighted by Crippen LogP contribution is 2.31. The monoisotopic (exact) mass is 380 g/mol. The number of hydrogen-bond donors (Lipinski definition) is 1. The Morgan fingerprint density at radius 2 is 1.66 bits per heavy atom. The van der Waals surface area contributed by atoms with Crippen LogP contribution in [0.2, 0.25) is 0 Å². The molecule has 0 aliphatic carbocycles. The van der Waals surface area contributed by atoms with Gasteiger partial charge in [0.1, 0.15) is 11.3 Å². The van der Waals surface area contributed by atoms with Crippen LogP contribution in [0.15, 0.2) is 83.5 Å². The summed E-state index contributed by atoms with van der Waals surface area (Å²) in [6, 6.07) is 22.4. The summed E-state index contributed by atoms with van der Waals surface area (Å²) in [5.74, 6) is 1.75. The van der Waals surface area contributed by atoms with E-state index in [1.807, 2.05) is 60.9 Å². The zero-order chi connectivity index (χ0) is 19.6. The largest absolute Gasteiger partial charge is 0.459 e. The molecular weight excluding hydrogens is 360 g/mol. The van der Waals surface area contributed by atoms with Crippen LogP contribution in [-0.4, -0.2) is 15.2 Å². The summed E-state index contributed by atoms with van der Waals surface area (Å²) in [5, 5.41) is 15.7. The van der Waals surface area contributed by atoms with Gasteiger partial charge in [0, 0.05) is 34.5 Å². The highest BCUT2D eigenvalue weighted by molar-refractivity contribution is 5.93. The topological polar surface area (TPSA) is 63.8 Å². The summed E-state index contributed by atoms with van der Waals surface area (Å²) in [6.45, 7) is 2.69. The summed E-state index contributed by atoms with van der Waals surface area (Å²) in [6.07, 6.45) is 3.62. The minimum Gasteiger partial charge on any atom is -0.459 e. The summed E-state index contributed by atoms with van der Waals surface area (Å²) < 4.78 is 5.91. The molecule has 0 fully saturated rings. The Bertz CT molecular complexity index is 1250. The molecule has 1 atom stereocenters. The average molecular weight is 380 g/mol. The highest BCUT2D eigenvalue weighted by atomic mass is 16.3. The van der Waals surface area contributed by atoms with E-state index in [9.17, 15) is 0 Å². The first-order chi connectivity index (χ1) is 14.3. The number of nitrogens with zero attached hydrogens (tertiary/aromatic N) is 3. The lowest BCUT2D eigenvalue weighted by Gasteiger charge is -2.15. The molecule has 0 aliphatic rings. The van der Waals surface area contributed by atoms with E-state index in [0.717, 1.165) is 39.0 Å². The van der Waals surface area contributed by atoms with Gasteiger partial charge in [-0.1, -0.05) is 49.4 Å². The molecule has 0 bridgehead atoms. The van der Waals surface area contributed by atoms with E-state index in [0.29, 0.717) is 6.54 Å². The number of furan rings is 1. The standard InChI is InChI=1S/C24H20N4O/c1-16(17-10-12-25-13-11-17)23-20-7-3-4-8-21(20)24(28-27-23)26-15-19-14-18-6-2-5-9-22(18)29-19/h2-14,16H,15H2,1H3,(H,26,28). The van der Waals surface area contributed by atoms with Crippen LogP contribution in [0, 0.1) is 0 Å². The van der Waals surface area contributed by atoms with Crippen molar-refractivity contribution in [3.63, 3.8) is 0 Å². The lowest BCUT2D eigenvalue weighted by molar-refractivity contribution is 0.559. The van der Waals surface area contributed by atoms with E-state index < -0.39 is 0 Å². The predicted molar refractivity (Wildman–Crippen MR) is 115 cm³/mol. The van der Waals surface area contributed by atoms with Crippen LogP contribution in [0.4, 0.5) is 5.82 Å². The van der Waals surface area contributed by atoms with Crippen LogP contribution in [-0.2, 0) is 6.54 Å². The zero-order valence-corrected chi connectivity index (χ0v) is 16.0. The van der Waals surface area contributed by atoms with E-state index >= 15 is 0 Å². The molecule has 0 aliphatic heterocycles. The number of pyridine rings is 1. The van der Waals surface area contributed by atoms with E-state index in [4.69, 9.17) is 4.42 Å². The lowest BCUT2D eigenvalue weighted by atomic mass is 9.95. The smallest absolute Gasteiger partial charge is 0.156 e. The maximum absolute atomic E-state index is 5.91. The number of para-hydroxylation sites is 1. The first-order valence-electron chi connectivity index (χ1n) is 9.66. The van der Waals surface area contributed by atoms with Gasteiger partial charge in [0.15, 0.2) is 5.82 Å². The van der Waals surface area contributed by atoms with Gasteiger partial charge in [0.2, 0.25) is 0 Å². The van der Waals surface area contributed by atoms with Crippen molar-refractivity contribution in [2.75, 3.05) is 5.32 Å². The van der Waals surface area contributed by atoms with Crippen LogP contribution < -0.4 is 5.32 Å². The van der Waals surface area contributed by atoms with Gasteiger partial charge in [-0.05, 0) is 29.8 Å². The highest BCUT2D eigenvalue weighted by Gasteiger charge is 2.16. The van der Waals surface area contributed by atoms with Gasteiger partial charge >= 0.3 is 0 Å². The fourth-order valence-corrected chi connectivity index (χ4v) is 3.68. The van der Waals surface area contributed by atoms with Crippen molar-refractivity contribution in [3.05, 3.63) is 96.1 Å². The first kappa shape index (κ1) is 17.4. The molecule has 5 aromatic rings. The Balaban J connectivity index is 1.47. The number of hydrogen-bond acceptors (Lipinski definition) is 5. The van der Waals surface area contributed by atoms with Gasteiger partial charge in [-0.15, -0.1) is 5.10 Å². The van der Waals surface area contributed by atoms with E-state index in [1.54, 1.807) is 0 Å². The van der Waals surface area contributed by atoms with Crippen molar-refractivity contribution >= 4 is 27.6 Å². The van der Waals surface area contributed by atoms with Crippen molar-refractivity contribution < 1.29 is 4.42 Å². The second-order valence-electron chi connectivity index (χ2n) is 7.09. The van der Waals surface area contributed by atoms with Gasteiger partial charge in [-0.3, -0.25) is 4.98 Å². The van der Waals surface area contributed by atoms with Gasteiger partial charge in [0.05, 0.1) is 12.2 Å². The second kappa shape index (κ2) is 7.36. The third-order valence-electron chi connectivity index (χ3n) is 5.24. The molecule has 0 spiro atoms. The molecule has 29 heavy (non-hydrogen) atoms. The summed E-state index contributed by atoms with van der Waals surface area (Å²) in [7, 11) is 0. The molecule has 5 heteroatoms. The molecule has 3 heterocycles. The number of rotatable bonds is 5. The molecule has 5 nitrogen and oxygen atoms in total. The van der Waals surface area contributed by atoms with Gasteiger partial charge < -0.3 is 9.73 Å². The predicted octanol–water partition coefficient (Wildman–Crippen LogP) is 5.53. The van der Waals surface area contributed by atoms with Crippen LogP contribution in [0.3, 0.4) is 0 Å². The molecule has 3 aromatic heterocycles. The molecule has 142 valence electrons. The second-order valence-corrected chi connectivity index (χ2v) is 7.09. The Kier molecular flexibility index (Phi) is 4.41. The summed E-state index contributed by atoms with van der Waals surface area (Å²) >= 11 is 0. The Morgan fingerprint density at radius 3 is 2.48 bits per heavy atom. The number of anilines is 1. The molecule has 2 aromatic carbocycles. The fraction of sp³-hybridized carbons (Fsp3) is 0.125. The Labute approximate surface area is 168 Å². The van der Waals surface area contributed by atoms with Crippen LogP contribution in [0.5, 0.6) is 0 Å². The van der Waals surface area contributed by atoms with E-state index in [-0.39, 0.29) is 5.92 Å². The Hall–Kier alpha value is -3.73. The first-order valence-corrected chi connectivity index (χ1v) is 9.66. The van der Waals surface area contributed by atoms with Crippen molar-refractivity contribution in [2.45, 2.75) is 19.4 Å². The van der Waals surface area contributed by atoms with Gasteiger partial charge in [0.25, 0.3) is 0 Å². The van der Waals surface area contributed by atoms with Crippen LogP contribution >= 0.6 is 0 Å². The molecule has 5 rings (SSSR count). The zero-order valence-electron chi connectivity index (χ0n) is 16.0. The summed E-state index contributed by atoms with van der Waals surface area (Å²) in [4.78, 5) is 4.11. The van der Waals surface area contributed by atoms with Crippen molar-refractivity contribution in [1.29, 1.82) is 0 Å². The molecule has 0 saturated heterocycles.